The molecule has 5 heteroatoms. The van der Waals surface area contributed by atoms with E-state index in [1.165, 1.54) is 57.6 Å². The Balaban J connectivity index is 2.33. The van der Waals surface area contributed by atoms with Crippen molar-refractivity contribution in [3.63, 3.8) is 0 Å². The maximum Gasteiger partial charge on any atom is 0.310 e. The van der Waals surface area contributed by atoms with Crippen molar-refractivity contribution >= 4 is 23.6 Å². The number of nitrogens with one attached hydrogen (secondary N) is 1. The van der Waals surface area contributed by atoms with Gasteiger partial charge in [-0.15, -0.1) is 0 Å². The lowest BCUT2D eigenvalue weighted by atomic mass is 10.1. The fourth-order valence-electron chi connectivity index (χ4n) is 3.19. The lowest BCUT2D eigenvalue weighted by molar-refractivity contribution is -0.138. The van der Waals surface area contributed by atoms with Gasteiger partial charge < -0.3 is 14.8 Å². The molecule has 0 aromatic heterocycles. The number of esters is 1. The van der Waals surface area contributed by atoms with Crippen LogP contribution in [-0.2, 0) is 14.3 Å². The summed E-state index contributed by atoms with van der Waals surface area (Å²) in [5.74, 6) is 0.203. The van der Waals surface area contributed by atoms with Crippen LogP contribution in [-0.4, -0.2) is 19.0 Å². The molecule has 31 heavy (non-hydrogen) atoms. The van der Waals surface area contributed by atoms with E-state index in [-0.39, 0.29) is 17.8 Å². The van der Waals surface area contributed by atoms with Gasteiger partial charge in [0.15, 0.2) is 0 Å². The van der Waals surface area contributed by atoms with Gasteiger partial charge in [-0.25, -0.2) is 0 Å². The van der Waals surface area contributed by atoms with Gasteiger partial charge >= 0.3 is 5.97 Å². The number of ether oxygens (including phenoxy) is 2. The van der Waals surface area contributed by atoms with Crippen molar-refractivity contribution in [1.82, 2.24) is 0 Å². The Hall–Kier alpha value is -2.30. The van der Waals surface area contributed by atoms with Crippen molar-refractivity contribution in [3.05, 3.63) is 30.0 Å². The second-order valence-corrected chi connectivity index (χ2v) is 8.32. The third-order valence-electron chi connectivity index (χ3n) is 5.22. The van der Waals surface area contributed by atoms with Crippen molar-refractivity contribution < 1.29 is 19.1 Å². The van der Waals surface area contributed by atoms with Gasteiger partial charge in [0.2, 0.25) is 5.91 Å². The molecule has 1 aromatic carbocycles. The van der Waals surface area contributed by atoms with Gasteiger partial charge in [-0.3, -0.25) is 9.59 Å². The first-order valence-electron chi connectivity index (χ1n) is 11.8. The molecule has 0 atom stereocenters. The van der Waals surface area contributed by atoms with Crippen LogP contribution in [0.15, 0.2) is 24.5 Å². The molecule has 0 bridgehead atoms. The topological polar surface area (TPSA) is 64.6 Å². The highest BCUT2D eigenvalue weighted by Crippen LogP contribution is 2.24. The molecule has 0 aliphatic carbocycles. The van der Waals surface area contributed by atoms with E-state index in [9.17, 15) is 9.59 Å². The Morgan fingerprint density at radius 3 is 2.16 bits per heavy atom. The average Bonchev–Trinajstić information content (AvgIpc) is 2.75. The van der Waals surface area contributed by atoms with Gasteiger partial charge in [0, 0.05) is 24.0 Å². The number of rotatable bonds is 16. The molecule has 0 heterocycles. The van der Waals surface area contributed by atoms with E-state index in [1.807, 2.05) is 19.9 Å². The molecule has 0 aliphatic heterocycles. The Kier molecular flexibility index (Phi) is 14.1. The van der Waals surface area contributed by atoms with Crippen LogP contribution in [0.4, 0.5) is 5.69 Å². The van der Waals surface area contributed by atoms with E-state index in [0.29, 0.717) is 17.9 Å². The highest BCUT2D eigenvalue weighted by molar-refractivity contribution is 5.94. The predicted octanol–water partition coefficient (Wildman–Crippen LogP) is 7.11. The maximum atomic E-state index is 12.1. The van der Waals surface area contributed by atoms with Crippen molar-refractivity contribution in [2.24, 2.45) is 5.92 Å². The number of anilines is 1. The number of benzene rings is 1. The average molecular weight is 432 g/mol. The Morgan fingerprint density at radius 1 is 0.968 bits per heavy atom. The summed E-state index contributed by atoms with van der Waals surface area (Å²) in [6.45, 7) is 5.91. The second-order valence-electron chi connectivity index (χ2n) is 8.32. The molecule has 174 valence electrons. The number of carbonyl (C=O) groups excluding carboxylic acids is 2. The predicted molar refractivity (Wildman–Crippen MR) is 128 cm³/mol. The zero-order valence-electron chi connectivity index (χ0n) is 19.9. The Bertz CT molecular complexity index is 682. The van der Waals surface area contributed by atoms with Gasteiger partial charge in [0.1, 0.15) is 5.75 Å². The van der Waals surface area contributed by atoms with Crippen LogP contribution in [0, 0.1) is 5.92 Å². The standard InChI is InChI=1S/C26H41NO4/c1-5-6-7-8-9-10-11-12-13-14-15-25(28)31-19-18-22-16-17-23(30-4)20-24(22)27-26(29)21(2)3/h16-21H,5-15H2,1-4H3,(H,27,29)/b19-18+. The van der Waals surface area contributed by atoms with E-state index < -0.39 is 0 Å². The Labute approximate surface area is 188 Å². The third-order valence-corrected chi connectivity index (χ3v) is 5.22. The maximum absolute atomic E-state index is 12.1. The summed E-state index contributed by atoms with van der Waals surface area (Å²) < 4.78 is 10.5. The van der Waals surface area contributed by atoms with Crippen LogP contribution in [0.25, 0.3) is 6.08 Å². The van der Waals surface area contributed by atoms with Gasteiger partial charge in [0.05, 0.1) is 19.1 Å². The molecule has 1 rings (SSSR count). The fourth-order valence-corrected chi connectivity index (χ4v) is 3.19. The molecule has 1 N–H and O–H groups in total. The molecular weight excluding hydrogens is 390 g/mol. The van der Waals surface area contributed by atoms with Gasteiger partial charge in [-0.05, 0) is 24.6 Å². The number of hydrogen-bond donors (Lipinski definition) is 1. The SMILES string of the molecule is CCCCCCCCCCCCC(=O)O/C=C/c1ccc(OC)cc1NC(=O)C(C)C. The van der Waals surface area contributed by atoms with E-state index in [1.54, 1.807) is 25.3 Å². The summed E-state index contributed by atoms with van der Waals surface area (Å²) in [5, 5.41) is 2.88. The summed E-state index contributed by atoms with van der Waals surface area (Å²) >= 11 is 0. The van der Waals surface area contributed by atoms with Crippen molar-refractivity contribution in [3.8, 4) is 5.75 Å². The smallest absolute Gasteiger partial charge is 0.310 e. The van der Waals surface area contributed by atoms with Crippen molar-refractivity contribution in [1.29, 1.82) is 0 Å². The monoisotopic (exact) mass is 431 g/mol. The van der Waals surface area contributed by atoms with Crippen molar-refractivity contribution in [2.75, 3.05) is 12.4 Å². The highest BCUT2D eigenvalue weighted by Gasteiger charge is 2.10. The normalized spacial score (nSPS) is 11.1. The minimum Gasteiger partial charge on any atom is -0.497 e. The first kappa shape index (κ1) is 26.7. The number of hydrogen-bond acceptors (Lipinski definition) is 4. The van der Waals surface area contributed by atoms with Crippen LogP contribution in [0.5, 0.6) is 5.75 Å². The molecule has 0 aliphatic rings. The zero-order valence-corrected chi connectivity index (χ0v) is 19.9. The number of unbranched alkanes of at least 4 members (excludes halogenated alkanes) is 9. The summed E-state index contributed by atoms with van der Waals surface area (Å²) in [6.07, 6.45) is 15.9. The molecule has 0 fully saturated rings. The summed E-state index contributed by atoms with van der Waals surface area (Å²) in [7, 11) is 1.58. The van der Waals surface area contributed by atoms with Crippen LogP contribution >= 0.6 is 0 Å². The van der Waals surface area contributed by atoms with Crippen LogP contribution in [0.1, 0.15) is 97.0 Å². The highest BCUT2D eigenvalue weighted by atomic mass is 16.5. The van der Waals surface area contributed by atoms with E-state index in [2.05, 4.69) is 12.2 Å². The van der Waals surface area contributed by atoms with E-state index >= 15 is 0 Å². The lowest BCUT2D eigenvalue weighted by Crippen LogP contribution is -2.18. The number of methoxy groups -OCH3 is 1. The third kappa shape index (κ3) is 12.2. The van der Waals surface area contributed by atoms with E-state index in [0.717, 1.165) is 18.4 Å². The molecule has 0 saturated carbocycles. The molecule has 0 spiro atoms. The summed E-state index contributed by atoms with van der Waals surface area (Å²) in [4.78, 5) is 24.0. The fraction of sp³-hybridized carbons (Fsp3) is 0.615. The summed E-state index contributed by atoms with van der Waals surface area (Å²) in [6, 6.07) is 5.38. The van der Waals surface area contributed by atoms with E-state index in [4.69, 9.17) is 9.47 Å². The molecule has 0 saturated heterocycles. The molecule has 1 amide bonds. The minimum absolute atomic E-state index is 0.0825. The second kappa shape index (κ2) is 16.4. The van der Waals surface area contributed by atoms with Crippen LogP contribution in [0.3, 0.4) is 0 Å². The number of amides is 1. The summed E-state index contributed by atoms with van der Waals surface area (Å²) in [5.41, 5.74) is 1.38. The quantitative estimate of drug-likeness (QED) is 0.172. The molecule has 0 unspecified atom stereocenters. The van der Waals surface area contributed by atoms with Gasteiger partial charge in [0.25, 0.3) is 0 Å². The molecular formula is C26H41NO4. The lowest BCUT2D eigenvalue weighted by Gasteiger charge is -2.12. The first-order valence-corrected chi connectivity index (χ1v) is 11.8. The number of carbonyl (C=O) groups is 2. The Morgan fingerprint density at radius 2 is 1.58 bits per heavy atom. The first-order chi connectivity index (χ1) is 15.0. The zero-order chi connectivity index (χ0) is 22.9. The van der Waals surface area contributed by atoms with Crippen LogP contribution < -0.4 is 10.1 Å². The molecule has 1 aromatic rings. The molecule has 5 nitrogen and oxygen atoms in total. The van der Waals surface area contributed by atoms with Gasteiger partial charge in [-0.1, -0.05) is 78.6 Å². The minimum atomic E-state index is -0.225. The van der Waals surface area contributed by atoms with Crippen LogP contribution in [0.2, 0.25) is 0 Å². The largest absolute Gasteiger partial charge is 0.497 e. The van der Waals surface area contributed by atoms with Gasteiger partial charge in [-0.2, -0.15) is 0 Å². The molecule has 0 radical (unpaired) electrons. The van der Waals surface area contributed by atoms with Crippen molar-refractivity contribution in [2.45, 2.75) is 91.4 Å².